The van der Waals surface area contributed by atoms with Crippen LogP contribution in [0, 0.1) is 21.4 Å². The lowest BCUT2D eigenvalue weighted by Gasteiger charge is -2.13. The molecule has 0 aliphatic carbocycles. The Hall–Kier alpha value is -3.53. The Balaban J connectivity index is 1.88. The van der Waals surface area contributed by atoms with E-state index >= 15 is 0 Å². The number of methoxy groups -OCH3 is 1. The summed E-state index contributed by atoms with van der Waals surface area (Å²) in [5, 5.41) is 21.3. The molecule has 0 atom stereocenters. The average molecular weight is 455 g/mol. The number of nitrogens with zero attached hydrogens (tertiary/aromatic N) is 2. The molecule has 3 aromatic rings. The van der Waals surface area contributed by atoms with Crippen molar-refractivity contribution in [1.29, 1.82) is 5.26 Å². The number of nitro groups is 1. The van der Waals surface area contributed by atoms with Gasteiger partial charge in [-0.25, -0.2) is 0 Å². The molecular formula is C23H16Cl2N2O4. The number of hydrogen-bond acceptors (Lipinski definition) is 5. The zero-order chi connectivity index (χ0) is 22.4. The fourth-order valence-corrected chi connectivity index (χ4v) is 3.25. The van der Waals surface area contributed by atoms with Gasteiger partial charge in [-0.15, -0.1) is 0 Å². The highest BCUT2D eigenvalue weighted by Gasteiger charge is 2.14. The van der Waals surface area contributed by atoms with Crippen LogP contribution in [0.25, 0.3) is 11.6 Å². The Morgan fingerprint density at radius 3 is 2.55 bits per heavy atom. The summed E-state index contributed by atoms with van der Waals surface area (Å²) >= 11 is 12.3. The number of non-ortho nitro benzene ring substituents is 1. The van der Waals surface area contributed by atoms with Crippen molar-refractivity contribution >= 4 is 40.5 Å². The van der Waals surface area contributed by atoms with Gasteiger partial charge >= 0.3 is 0 Å². The summed E-state index contributed by atoms with van der Waals surface area (Å²) in [4.78, 5) is 10.5. The molecule has 8 heteroatoms. The minimum absolute atomic E-state index is 0.0223. The molecule has 0 fully saturated rings. The predicted octanol–water partition coefficient (Wildman–Crippen LogP) is 6.55. The molecule has 3 aromatic carbocycles. The van der Waals surface area contributed by atoms with Crippen molar-refractivity contribution in [3.8, 4) is 17.6 Å². The molecule has 0 spiro atoms. The Kier molecular flexibility index (Phi) is 7.14. The number of benzene rings is 3. The van der Waals surface area contributed by atoms with E-state index in [1.165, 1.54) is 19.2 Å². The second-order valence-electron chi connectivity index (χ2n) is 6.43. The number of ether oxygens (including phenoxy) is 2. The molecular weight excluding hydrogens is 439 g/mol. The molecule has 0 amide bonds. The van der Waals surface area contributed by atoms with Gasteiger partial charge in [0, 0.05) is 17.2 Å². The summed E-state index contributed by atoms with van der Waals surface area (Å²) < 4.78 is 11.2. The molecule has 0 N–H and O–H groups in total. The van der Waals surface area contributed by atoms with Gasteiger partial charge in [0.1, 0.15) is 6.61 Å². The van der Waals surface area contributed by atoms with Gasteiger partial charge in [0.2, 0.25) is 0 Å². The molecule has 0 aliphatic heterocycles. The molecule has 0 heterocycles. The minimum Gasteiger partial charge on any atom is -0.493 e. The zero-order valence-electron chi connectivity index (χ0n) is 16.3. The van der Waals surface area contributed by atoms with Crippen molar-refractivity contribution in [1.82, 2.24) is 0 Å². The Morgan fingerprint density at radius 2 is 1.90 bits per heavy atom. The summed E-state index contributed by atoms with van der Waals surface area (Å²) in [7, 11) is 1.48. The molecule has 6 nitrogen and oxygen atoms in total. The molecule has 0 bridgehead atoms. The van der Waals surface area contributed by atoms with Crippen LogP contribution >= 0.6 is 23.2 Å². The van der Waals surface area contributed by atoms with E-state index in [-0.39, 0.29) is 17.3 Å². The van der Waals surface area contributed by atoms with Gasteiger partial charge < -0.3 is 9.47 Å². The highest BCUT2D eigenvalue weighted by Crippen LogP contribution is 2.38. The number of halogens is 2. The topological polar surface area (TPSA) is 85.4 Å². The van der Waals surface area contributed by atoms with E-state index in [1.807, 2.05) is 0 Å². The van der Waals surface area contributed by atoms with E-state index in [0.29, 0.717) is 38.8 Å². The van der Waals surface area contributed by atoms with Crippen LogP contribution in [-0.2, 0) is 6.61 Å². The van der Waals surface area contributed by atoms with Gasteiger partial charge in [0.05, 0.1) is 28.7 Å². The third-order valence-electron chi connectivity index (χ3n) is 4.34. The van der Waals surface area contributed by atoms with Crippen molar-refractivity contribution < 1.29 is 14.4 Å². The van der Waals surface area contributed by atoms with E-state index in [0.717, 1.165) is 0 Å². The maximum atomic E-state index is 10.9. The van der Waals surface area contributed by atoms with Gasteiger partial charge in [-0.3, -0.25) is 10.1 Å². The second kappa shape index (κ2) is 9.98. The van der Waals surface area contributed by atoms with E-state index < -0.39 is 4.92 Å². The van der Waals surface area contributed by atoms with Gasteiger partial charge in [0.15, 0.2) is 11.5 Å². The van der Waals surface area contributed by atoms with Crippen molar-refractivity contribution in [2.75, 3.05) is 7.11 Å². The number of hydrogen-bond donors (Lipinski definition) is 0. The molecule has 0 aliphatic rings. The predicted molar refractivity (Wildman–Crippen MR) is 120 cm³/mol. The Morgan fingerprint density at radius 1 is 1.16 bits per heavy atom. The highest BCUT2D eigenvalue weighted by molar-refractivity contribution is 6.32. The molecule has 0 aromatic heterocycles. The number of allylic oxidation sites excluding steroid dienone is 1. The van der Waals surface area contributed by atoms with Crippen LogP contribution in [0.3, 0.4) is 0 Å². The highest BCUT2D eigenvalue weighted by atomic mass is 35.5. The first kappa shape index (κ1) is 22.2. The van der Waals surface area contributed by atoms with Crippen LogP contribution in [0.2, 0.25) is 10.0 Å². The Bertz CT molecular complexity index is 1190. The van der Waals surface area contributed by atoms with Crippen molar-refractivity contribution in [3.63, 3.8) is 0 Å². The maximum absolute atomic E-state index is 10.9. The molecule has 3 rings (SSSR count). The van der Waals surface area contributed by atoms with E-state index in [4.69, 9.17) is 32.7 Å². The first-order valence-corrected chi connectivity index (χ1v) is 9.78. The van der Waals surface area contributed by atoms with Crippen LogP contribution in [0.1, 0.15) is 16.7 Å². The standard InChI is InChI=1S/C23H16Cl2N2O4/c1-30-22-12-16(9-18(13-26)17-5-7-19(24)8-6-17)11-21(25)23(22)31-14-15-3-2-4-20(10-15)27(28)29/h2-12H,14H2,1H3/b18-9+. The van der Waals surface area contributed by atoms with Crippen LogP contribution in [0.4, 0.5) is 5.69 Å². The maximum Gasteiger partial charge on any atom is 0.269 e. The monoisotopic (exact) mass is 454 g/mol. The molecule has 0 unspecified atom stereocenters. The van der Waals surface area contributed by atoms with Crippen LogP contribution < -0.4 is 9.47 Å². The van der Waals surface area contributed by atoms with E-state index in [9.17, 15) is 15.4 Å². The largest absolute Gasteiger partial charge is 0.493 e. The molecule has 31 heavy (non-hydrogen) atoms. The average Bonchev–Trinajstić information content (AvgIpc) is 2.77. The SMILES string of the molecule is COc1cc(/C=C(\C#N)c2ccc(Cl)cc2)cc(Cl)c1OCc1cccc([N+](=O)[O-])c1. The molecule has 0 radical (unpaired) electrons. The van der Waals surface area contributed by atoms with Crippen LogP contribution in [0.5, 0.6) is 11.5 Å². The summed E-state index contributed by atoms with van der Waals surface area (Å²) in [5.41, 5.74) is 2.39. The van der Waals surface area contributed by atoms with Gasteiger partial charge in [-0.2, -0.15) is 5.26 Å². The minimum atomic E-state index is -0.467. The first-order valence-electron chi connectivity index (χ1n) is 9.02. The lowest BCUT2D eigenvalue weighted by atomic mass is 10.0. The van der Waals surface area contributed by atoms with Gasteiger partial charge in [-0.05, 0) is 47.0 Å². The zero-order valence-corrected chi connectivity index (χ0v) is 17.9. The third-order valence-corrected chi connectivity index (χ3v) is 4.88. The third kappa shape index (κ3) is 5.54. The molecule has 0 saturated heterocycles. The van der Waals surface area contributed by atoms with E-state index in [2.05, 4.69) is 6.07 Å². The molecule has 0 saturated carbocycles. The first-order chi connectivity index (χ1) is 14.9. The number of nitriles is 1. The number of rotatable bonds is 7. The lowest BCUT2D eigenvalue weighted by Crippen LogP contribution is -2.00. The smallest absolute Gasteiger partial charge is 0.269 e. The van der Waals surface area contributed by atoms with Crippen LogP contribution in [-0.4, -0.2) is 12.0 Å². The quantitative estimate of drug-likeness (QED) is 0.174. The van der Waals surface area contributed by atoms with Crippen molar-refractivity contribution in [3.05, 3.63) is 97.5 Å². The fourth-order valence-electron chi connectivity index (χ4n) is 2.85. The van der Waals surface area contributed by atoms with Crippen molar-refractivity contribution in [2.24, 2.45) is 0 Å². The summed E-state index contributed by atoms with van der Waals surface area (Å²) in [5.74, 6) is 0.676. The van der Waals surface area contributed by atoms with Crippen molar-refractivity contribution in [2.45, 2.75) is 6.61 Å². The normalized spacial score (nSPS) is 11.0. The van der Waals surface area contributed by atoms with Crippen LogP contribution in [0.15, 0.2) is 60.7 Å². The van der Waals surface area contributed by atoms with E-state index in [1.54, 1.807) is 54.6 Å². The lowest BCUT2D eigenvalue weighted by molar-refractivity contribution is -0.384. The summed E-state index contributed by atoms with van der Waals surface area (Å²) in [6, 6.07) is 18.6. The number of nitro benzene ring substituents is 1. The second-order valence-corrected chi connectivity index (χ2v) is 7.27. The summed E-state index contributed by atoms with van der Waals surface area (Å²) in [6.45, 7) is 0.0706. The molecule has 156 valence electrons. The Labute approximate surface area is 189 Å². The fraction of sp³-hybridized carbons (Fsp3) is 0.0870. The van der Waals surface area contributed by atoms with Gasteiger partial charge in [-0.1, -0.05) is 47.5 Å². The van der Waals surface area contributed by atoms with Gasteiger partial charge in [0.25, 0.3) is 5.69 Å². The summed E-state index contributed by atoms with van der Waals surface area (Å²) in [6.07, 6.45) is 1.68.